The van der Waals surface area contributed by atoms with Gasteiger partial charge in [-0.25, -0.2) is 8.42 Å². The van der Waals surface area contributed by atoms with Crippen LogP contribution in [0.1, 0.15) is 31.7 Å². The van der Waals surface area contributed by atoms with Gasteiger partial charge in [0.15, 0.2) is 0 Å². The quantitative estimate of drug-likeness (QED) is 0.906. The van der Waals surface area contributed by atoms with E-state index in [4.69, 9.17) is 0 Å². The number of hydrogen-bond donors (Lipinski definition) is 1. The SMILES string of the molecule is CC(C)c1ccc(S(=O)(=O)N2CC[C@@H](O)C2)cc1. The largest absolute Gasteiger partial charge is 0.392 e. The van der Waals surface area contributed by atoms with Crippen LogP contribution in [-0.4, -0.2) is 37.0 Å². The van der Waals surface area contributed by atoms with Crippen molar-refractivity contribution in [1.82, 2.24) is 4.31 Å². The summed E-state index contributed by atoms with van der Waals surface area (Å²) in [5, 5.41) is 9.42. The van der Waals surface area contributed by atoms with Gasteiger partial charge >= 0.3 is 0 Å². The average Bonchev–Trinajstić information content (AvgIpc) is 2.76. The van der Waals surface area contributed by atoms with Gasteiger partial charge in [0, 0.05) is 13.1 Å². The maximum atomic E-state index is 12.3. The fourth-order valence-corrected chi connectivity index (χ4v) is 3.59. The Morgan fingerprint density at radius 3 is 2.33 bits per heavy atom. The summed E-state index contributed by atoms with van der Waals surface area (Å²) in [7, 11) is -3.44. The van der Waals surface area contributed by atoms with Crippen LogP contribution in [0.15, 0.2) is 29.2 Å². The summed E-state index contributed by atoms with van der Waals surface area (Å²) in [5.74, 6) is 0.385. The fourth-order valence-electron chi connectivity index (χ4n) is 2.10. The Labute approximate surface area is 108 Å². The molecule has 2 rings (SSSR count). The number of aliphatic hydroxyl groups is 1. The highest BCUT2D eigenvalue weighted by Crippen LogP contribution is 2.23. The molecule has 1 heterocycles. The van der Waals surface area contributed by atoms with Crippen LogP contribution in [0.5, 0.6) is 0 Å². The number of hydrogen-bond acceptors (Lipinski definition) is 3. The first-order valence-corrected chi connectivity index (χ1v) is 7.63. The van der Waals surface area contributed by atoms with Crippen molar-refractivity contribution in [2.75, 3.05) is 13.1 Å². The Morgan fingerprint density at radius 1 is 1.28 bits per heavy atom. The topological polar surface area (TPSA) is 57.6 Å². The van der Waals surface area contributed by atoms with Gasteiger partial charge in [0.2, 0.25) is 10.0 Å². The van der Waals surface area contributed by atoms with Gasteiger partial charge in [-0.3, -0.25) is 0 Å². The molecule has 100 valence electrons. The Kier molecular flexibility index (Phi) is 3.75. The lowest BCUT2D eigenvalue weighted by molar-refractivity contribution is 0.189. The molecule has 0 radical (unpaired) electrons. The van der Waals surface area contributed by atoms with Crippen molar-refractivity contribution in [1.29, 1.82) is 0 Å². The molecule has 1 atom stereocenters. The lowest BCUT2D eigenvalue weighted by Gasteiger charge is -2.16. The van der Waals surface area contributed by atoms with Gasteiger partial charge in [-0.05, 0) is 30.0 Å². The molecule has 0 unspecified atom stereocenters. The smallest absolute Gasteiger partial charge is 0.243 e. The summed E-state index contributed by atoms with van der Waals surface area (Å²) >= 11 is 0. The summed E-state index contributed by atoms with van der Waals surface area (Å²) < 4.78 is 25.9. The van der Waals surface area contributed by atoms with Crippen molar-refractivity contribution < 1.29 is 13.5 Å². The third-order valence-corrected chi connectivity index (χ3v) is 5.19. The van der Waals surface area contributed by atoms with E-state index in [-0.39, 0.29) is 6.54 Å². The lowest BCUT2D eigenvalue weighted by atomic mass is 10.0. The number of nitrogens with zero attached hydrogens (tertiary/aromatic N) is 1. The van der Waals surface area contributed by atoms with Gasteiger partial charge in [0.05, 0.1) is 11.0 Å². The van der Waals surface area contributed by atoms with E-state index in [1.807, 2.05) is 12.1 Å². The molecule has 0 saturated carbocycles. The van der Waals surface area contributed by atoms with Crippen LogP contribution in [0.3, 0.4) is 0 Å². The van der Waals surface area contributed by atoms with Crippen molar-refractivity contribution in [3.05, 3.63) is 29.8 Å². The van der Waals surface area contributed by atoms with Crippen molar-refractivity contribution in [2.24, 2.45) is 0 Å². The monoisotopic (exact) mass is 269 g/mol. The zero-order valence-corrected chi connectivity index (χ0v) is 11.5. The molecule has 1 fully saturated rings. The molecule has 1 aliphatic heterocycles. The second-order valence-electron chi connectivity index (χ2n) is 5.03. The predicted octanol–water partition coefficient (Wildman–Crippen LogP) is 1.57. The minimum absolute atomic E-state index is 0.203. The van der Waals surface area contributed by atoms with Gasteiger partial charge in [0.1, 0.15) is 0 Å². The van der Waals surface area contributed by atoms with E-state index < -0.39 is 16.1 Å². The van der Waals surface area contributed by atoms with Crippen molar-refractivity contribution in [3.63, 3.8) is 0 Å². The highest BCUT2D eigenvalue weighted by Gasteiger charge is 2.31. The molecule has 0 aliphatic carbocycles. The zero-order valence-electron chi connectivity index (χ0n) is 10.7. The van der Waals surface area contributed by atoms with Crippen molar-refractivity contribution >= 4 is 10.0 Å². The molecule has 1 saturated heterocycles. The first-order valence-electron chi connectivity index (χ1n) is 6.19. The Hall–Kier alpha value is -0.910. The van der Waals surface area contributed by atoms with E-state index >= 15 is 0 Å². The van der Waals surface area contributed by atoms with Crippen LogP contribution in [0.4, 0.5) is 0 Å². The predicted molar refractivity (Wildman–Crippen MR) is 69.9 cm³/mol. The third kappa shape index (κ3) is 2.58. The standard InChI is InChI=1S/C13H19NO3S/c1-10(2)11-3-5-13(6-4-11)18(16,17)14-8-7-12(15)9-14/h3-6,10,12,15H,7-9H2,1-2H3/t12-/m1/s1. The van der Waals surface area contributed by atoms with E-state index in [1.165, 1.54) is 4.31 Å². The van der Waals surface area contributed by atoms with Gasteiger partial charge < -0.3 is 5.11 Å². The van der Waals surface area contributed by atoms with Crippen LogP contribution in [0, 0.1) is 0 Å². The number of benzene rings is 1. The van der Waals surface area contributed by atoms with E-state index in [0.717, 1.165) is 5.56 Å². The minimum atomic E-state index is -3.44. The number of β-amino-alcohol motifs (C(OH)–C–C–N with tert-alkyl or cyclic N) is 1. The molecule has 1 N–H and O–H groups in total. The average molecular weight is 269 g/mol. The van der Waals surface area contributed by atoms with Crippen LogP contribution in [0.2, 0.25) is 0 Å². The van der Waals surface area contributed by atoms with E-state index in [2.05, 4.69) is 13.8 Å². The highest BCUT2D eigenvalue weighted by molar-refractivity contribution is 7.89. The summed E-state index contributed by atoms with van der Waals surface area (Å²) in [6.07, 6.45) is -0.0155. The molecule has 0 amide bonds. The number of sulfonamides is 1. The Bertz CT molecular complexity index is 508. The second-order valence-corrected chi connectivity index (χ2v) is 6.97. The zero-order chi connectivity index (χ0) is 13.3. The summed E-state index contributed by atoms with van der Waals surface area (Å²) in [4.78, 5) is 0.306. The molecule has 1 aliphatic rings. The van der Waals surface area contributed by atoms with Gasteiger partial charge in [-0.2, -0.15) is 4.31 Å². The van der Waals surface area contributed by atoms with Gasteiger partial charge in [0.25, 0.3) is 0 Å². The van der Waals surface area contributed by atoms with E-state index in [0.29, 0.717) is 23.8 Å². The molecule has 5 heteroatoms. The molecular weight excluding hydrogens is 250 g/mol. The summed E-state index contributed by atoms with van der Waals surface area (Å²) in [5.41, 5.74) is 1.12. The molecule has 0 spiro atoms. The van der Waals surface area contributed by atoms with Crippen LogP contribution in [-0.2, 0) is 10.0 Å². The molecule has 0 bridgehead atoms. The molecular formula is C13H19NO3S. The third-order valence-electron chi connectivity index (χ3n) is 3.31. The van der Waals surface area contributed by atoms with Crippen molar-refractivity contribution in [2.45, 2.75) is 37.2 Å². The normalized spacial score (nSPS) is 21.7. The highest BCUT2D eigenvalue weighted by atomic mass is 32.2. The van der Waals surface area contributed by atoms with Crippen molar-refractivity contribution in [3.8, 4) is 0 Å². The minimum Gasteiger partial charge on any atom is -0.392 e. The molecule has 4 nitrogen and oxygen atoms in total. The summed E-state index contributed by atoms with van der Waals surface area (Å²) in [6.45, 7) is 4.74. The Morgan fingerprint density at radius 2 is 1.89 bits per heavy atom. The van der Waals surface area contributed by atoms with Crippen LogP contribution in [0.25, 0.3) is 0 Å². The van der Waals surface area contributed by atoms with Crippen LogP contribution < -0.4 is 0 Å². The maximum absolute atomic E-state index is 12.3. The second kappa shape index (κ2) is 4.99. The van der Waals surface area contributed by atoms with Gasteiger partial charge in [-0.1, -0.05) is 26.0 Å². The molecule has 18 heavy (non-hydrogen) atoms. The molecule has 1 aromatic carbocycles. The van der Waals surface area contributed by atoms with E-state index in [9.17, 15) is 13.5 Å². The maximum Gasteiger partial charge on any atom is 0.243 e. The first kappa shape index (κ1) is 13.5. The number of aliphatic hydroxyl groups excluding tert-OH is 1. The fraction of sp³-hybridized carbons (Fsp3) is 0.538. The summed E-state index contributed by atoms with van der Waals surface area (Å²) in [6, 6.07) is 7.00. The van der Waals surface area contributed by atoms with E-state index in [1.54, 1.807) is 12.1 Å². The Balaban J connectivity index is 2.25. The molecule has 0 aromatic heterocycles. The van der Waals surface area contributed by atoms with Gasteiger partial charge in [-0.15, -0.1) is 0 Å². The van der Waals surface area contributed by atoms with Crippen LogP contribution >= 0.6 is 0 Å². The first-order chi connectivity index (χ1) is 8.41. The number of rotatable bonds is 3. The lowest BCUT2D eigenvalue weighted by Crippen LogP contribution is -2.29. The molecule has 1 aromatic rings.